The molecule has 0 bridgehead atoms. The monoisotopic (exact) mass is 510 g/mol. The minimum Gasteiger partial charge on any atom is -0.495 e. The molecule has 0 saturated carbocycles. The number of halogens is 2. The van der Waals surface area contributed by atoms with Crippen LogP contribution in [0.5, 0.6) is 17.2 Å². The van der Waals surface area contributed by atoms with E-state index in [-0.39, 0.29) is 5.02 Å². The first-order chi connectivity index (χ1) is 17.0. The Labute approximate surface area is 211 Å². The quantitative estimate of drug-likeness (QED) is 0.200. The predicted octanol–water partition coefficient (Wildman–Crippen LogP) is 6.36. The Morgan fingerprint density at radius 2 is 1.77 bits per heavy atom. The van der Waals surface area contributed by atoms with Gasteiger partial charge in [0.25, 0.3) is 0 Å². The molecule has 0 unspecified atom stereocenters. The number of hydrogen-bond donors (Lipinski definition) is 0. The lowest BCUT2D eigenvalue weighted by atomic mass is 10.1. The van der Waals surface area contributed by atoms with Gasteiger partial charge in [-0.1, -0.05) is 17.7 Å². The molecule has 7 nitrogen and oxygen atoms in total. The summed E-state index contributed by atoms with van der Waals surface area (Å²) < 4.78 is 30.1. The zero-order valence-electron chi connectivity index (χ0n) is 19.1. The van der Waals surface area contributed by atoms with Crippen LogP contribution in [0, 0.1) is 16.5 Å². The van der Waals surface area contributed by atoms with Crippen molar-refractivity contribution in [2.45, 2.75) is 11.4 Å². The van der Waals surface area contributed by atoms with Gasteiger partial charge in [0.15, 0.2) is 11.5 Å². The molecule has 178 valence electrons. The number of nitriles is 1. The van der Waals surface area contributed by atoms with Crippen LogP contribution >= 0.6 is 23.4 Å². The van der Waals surface area contributed by atoms with E-state index in [4.69, 9.17) is 36.1 Å². The summed E-state index contributed by atoms with van der Waals surface area (Å²) >= 11 is 7.10. The lowest BCUT2D eigenvalue weighted by Crippen LogP contribution is -2.19. The second kappa shape index (κ2) is 10.7. The maximum Gasteiger partial charge on any atom is 0.230 e. The van der Waals surface area contributed by atoms with Crippen molar-refractivity contribution in [1.29, 1.82) is 5.26 Å². The first kappa shape index (κ1) is 24.4. The fraction of sp³-hybridized carbons (Fsp3) is 0.160. The maximum absolute atomic E-state index is 13.9. The van der Waals surface area contributed by atoms with Crippen molar-refractivity contribution < 1.29 is 18.6 Å². The van der Waals surface area contributed by atoms with Crippen LogP contribution in [0.4, 0.5) is 16.0 Å². The minimum absolute atomic E-state index is 0.0135. The molecule has 0 aliphatic rings. The molecule has 0 amide bonds. The number of methoxy groups -OCH3 is 3. The number of benzene rings is 3. The molecule has 0 aliphatic heterocycles. The van der Waals surface area contributed by atoms with E-state index < -0.39 is 5.82 Å². The highest BCUT2D eigenvalue weighted by Gasteiger charge is 2.18. The van der Waals surface area contributed by atoms with E-state index in [9.17, 15) is 4.39 Å². The molecule has 4 rings (SSSR count). The normalized spacial score (nSPS) is 10.6. The van der Waals surface area contributed by atoms with Gasteiger partial charge in [0.05, 0.1) is 43.3 Å². The number of thiocyanates is 1. The zero-order chi connectivity index (χ0) is 24.9. The van der Waals surface area contributed by atoms with Gasteiger partial charge in [0.2, 0.25) is 5.95 Å². The first-order valence-electron chi connectivity index (χ1n) is 10.3. The molecule has 0 fully saturated rings. The van der Waals surface area contributed by atoms with Gasteiger partial charge in [-0.2, -0.15) is 5.26 Å². The van der Waals surface area contributed by atoms with Crippen LogP contribution in [0.3, 0.4) is 0 Å². The van der Waals surface area contributed by atoms with Gasteiger partial charge >= 0.3 is 0 Å². The van der Waals surface area contributed by atoms with Crippen molar-refractivity contribution in [3.8, 4) is 22.6 Å². The Morgan fingerprint density at radius 3 is 2.46 bits per heavy atom. The Kier molecular flexibility index (Phi) is 7.44. The summed E-state index contributed by atoms with van der Waals surface area (Å²) in [6.07, 6.45) is 1.67. The molecule has 1 heterocycles. The third kappa shape index (κ3) is 5.19. The number of aromatic nitrogens is 2. The van der Waals surface area contributed by atoms with E-state index in [0.29, 0.717) is 45.8 Å². The topological polar surface area (TPSA) is 80.5 Å². The van der Waals surface area contributed by atoms with Gasteiger partial charge in [-0.05, 0) is 53.7 Å². The number of nitrogens with zero attached hydrogens (tertiary/aromatic N) is 4. The van der Waals surface area contributed by atoms with E-state index >= 15 is 0 Å². The summed E-state index contributed by atoms with van der Waals surface area (Å²) in [4.78, 5) is 11.8. The number of anilines is 2. The van der Waals surface area contributed by atoms with Gasteiger partial charge in [0, 0.05) is 23.3 Å². The van der Waals surface area contributed by atoms with Gasteiger partial charge in [-0.3, -0.25) is 0 Å². The molecule has 0 saturated heterocycles. The highest BCUT2D eigenvalue weighted by Crippen LogP contribution is 2.35. The van der Waals surface area contributed by atoms with Crippen molar-refractivity contribution in [2.75, 3.05) is 26.2 Å². The molecule has 0 aliphatic carbocycles. The van der Waals surface area contributed by atoms with Crippen LogP contribution in [0.2, 0.25) is 5.02 Å². The third-order valence-corrected chi connectivity index (χ3v) is 6.17. The van der Waals surface area contributed by atoms with E-state index in [1.807, 2.05) is 23.1 Å². The molecule has 0 radical (unpaired) electrons. The van der Waals surface area contributed by atoms with Crippen molar-refractivity contribution in [1.82, 2.24) is 9.97 Å². The van der Waals surface area contributed by atoms with Crippen molar-refractivity contribution >= 4 is 45.9 Å². The third-order valence-electron chi connectivity index (χ3n) is 5.25. The summed E-state index contributed by atoms with van der Waals surface area (Å²) in [5.74, 6) is 1.57. The van der Waals surface area contributed by atoms with Crippen LogP contribution in [0.15, 0.2) is 59.6 Å². The molecule has 3 aromatic carbocycles. The van der Waals surface area contributed by atoms with E-state index in [2.05, 4.69) is 10.4 Å². The lowest BCUT2D eigenvalue weighted by Gasteiger charge is -2.24. The van der Waals surface area contributed by atoms with E-state index in [0.717, 1.165) is 22.7 Å². The summed E-state index contributed by atoms with van der Waals surface area (Å²) in [5.41, 5.74) is 2.11. The van der Waals surface area contributed by atoms with Crippen molar-refractivity contribution in [3.63, 3.8) is 0 Å². The first-order valence-corrected chi connectivity index (χ1v) is 11.5. The maximum atomic E-state index is 13.9. The summed E-state index contributed by atoms with van der Waals surface area (Å²) in [6, 6.07) is 13.6. The van der Waals surface area contributed by atoms with Crippen LogP contribution in [0.1, 0.15) is 5.56 Å². The lowest BCUT2D eigenvalue weighted by molar-refractivity contribution is 0.354. The zero-order valence-corrected chi connectivity index (χ0v) is 20.7. The average molecular weight is 511 g/mol. The Balaban J connectivity index is 1.82. The minimum atomic E-state index is -0.520. The molecule has 0 spiro atoms. The molecule has 0 N–H and O–H groups in total. The smallest absolute Gasteiger partial charge is 0.230 e. The average Bonchev–Trinajstić information content (AvgIpc) is 2.88. The van der Waals surface area contributed by atoms with Gasteiger partial charge in [0.1, 0.15) is 17.0 Å². The largest absolute Gasteiger partial charge is 0.495 e. The fourth-order valence-electron chi connectivity index (χ4n) is 3.54. The van der Waals surface area contributed by atoms with Gasteiger partial charge in [-0.25, -0.2) is 14.4 Å². The molecule has 35 heavy (non-hydrogen) atoms. The molecule has 1 aromatic heterocycles. The van der Waals surface area contributed by atoms with Crippen molar-refractivity contribution in [3.05, 3.63) is 71.1 Å². The number of rotatable bonds is 8. The molecule has 10 heteroatoms. The molecule has 4 aromatic rings. The number of thioether (sulfide) groups is 1. The molecular weight excluding hydrogens is 491 g/mol. The van der Waals surface area contributed by atoms with E-state index in [1.54, 1.807) is 38.6 Å². The Morgan fingerprint density at radius 1 is 1.00 bits per heavy atom. The van der Waals surface area contributed by atoms with E-state index in [1.165, 1.54) is 19.2 Å². The van der Waals surface area contributed by atoms with Crippen molar-refractivity contribution in [2.24, 2.45) is 0 Å². The number of hydrogen-bond acceptors (Lipinski definition) is 8. The SMILES string of the molecule is COc1ccc(CN(c2ccc(F)c(Cl)c2)c2ncc3cc(SC#N)c(OC)cc3n2)cc1OC. The Bertz CT molecular complexity index is 1430. The molecule has 0 atom stereocenters. The van der Waals surface area contributed by atoms with Crippen LogP contribution in [0.25, 0.3) is 10.9 Å². The fourth-order valence-corrected chi connectivity index (χ4v) is 4.24. The van der Waals surface area contributed by atoms with Crippen LogP contribution < -0.4 is 19.1 Å². The molecular formula is C25H20ClFN4O3S. The second-order valence-corrected chi connectivity index (χ2v) is 8.53. The second-order valence-electron chi connectivity index (χ2n) is 7.30. The highest BCUT2D eigenvalue weighted by molar-refractivity contribution is 8.03. The Hall–Kier alpha value is -3.74. The number of fused-ring (bicyclic) bond motifs is 1. The van der Waals surface area contributed by atoms with Gasteiger partial charge in [-0.15, -0.1) is 0 Å². The van der Waals surface area contributed by atoms with Crippen LogP contribution in [-0.2, 0) is 6.54 Å². The standard InChI is InChI=1S/C25H20ClFN4O3S/c1-32-21-7-4-15(8-22(21)33-2)13-31(17-5-6-19(27)18(26)10-17)25-29-12-16-9-24(35-14-28)23(34-3)11-20(16)30-25/h4-12H,13H2,1-3H3. The summed E-state index contributed by atoms with van der Waals surface area (Å²) in [7, 11) is 4.68. The summed E-state index contributed by atoms with van der Waals surface area (Å²) in [5, 5.41) is 11.9. The summed E-state index contributed by atoms with van der Waals surface area (Å²) in [6.45, 7) is 0.341. The highest BCUT2D eigenvalue weighted by atomic mass is 35.5. The van der Waals surface area contributed by atoms with Crippen LogP contribution in [-0.4, -0.2) is 31.3 Å². The van der Waals surface area contributed by atoms with Gasteiger partial charge < -0.3 is 19.1 Å². The predicted molar refractivity (Wildman–Crippen MR) is 134 cm³/mol. The number of ether oxygens (including phenoxy) is 3.